The van der Waals surface area contributed by atoms with Crippen LogP contribution in [-0.4, -0.2) is 23.6 Å². The fourth-order valence-corrected chi connectivity index (χ4v) is 3.25. The van der Waals surface area contributed by atoms with Crippen molar-refractivity contribution in [2.24, 2.45) is 0 Å². The maximum atomic E-state index is 11.3. The summed E-state index contributed by atoms with van der Waals surface area (Å²) >= 11 is 5.70. The van der Waals surface area contributed by atoms with Crippen molar-refractivity contribution in [3.63, 3.8) is 0 Å². The molecule has 2 aromatic rings. The highest BCUT2D eigenvalue weighted by molar-refractivity contribution is 14.1. The highest BCUT2D eigenvalue weighted by atomic mass is 127. The minimum absolute atomic E-state index is 0.227. The van der Waals surface area contributed by atoms with Gasteiger partial charge in [-0.05, 0) is 86.9 Å². The molecule has 2 N–H and O–H groups in total. The third kappa shape index (κ3) is 6.52. The van der Waals surface area contributed by atoms with E-state index >= 15 is 0 Å². The molecule has 0 aliphatic heterocycles. The monoisotopic (exact) mass is 559 g/mol. The van der Waals surface area contributed by atoms with Crippen molar-refractivity contribution in [2.45, 2.75) is 20.5 Å². The van der Waals surface area contributed by atoms with Gasteiger partial charge in [0.05, 0.1) is 11.1 Å². The number of aliphatic carboxylic acids is 1. The normalized spacial score (nSPS) is 11.1. The van der Waals surface area contributed by atoms with Crippen LogP contribution in [0, 0.1) is 3.57 Å². The van der Waals surface area contributed by atoms with Crippen molar-refractivity contribution >= 4 is 56.5 Å². The van der Waals surface area contributed by atoms with Gasteiger partial charge in [0, 0.05) is 10.5 Å². The largest absolute Gasteiger partial charge is 0.490 e. The summed E-state index contributed by atoms with van der Waals surface area (Å²) in [6.45, 7) is 3.87. The van der Waals surface area contributed by atoms with Crippen LogP contribution >= 0.6 is 38.5 Å². The smallest absolute Gasteiger partial charge is 0.352 e. The number of amides is 1. The second-order valence-corrected chi connectivity index (χ2v) is 7.82. The Morgan fingerprint density at radius 1 is 1.21 bits per heavy atom. The maximum absolute atomic E-state index is 11.3. The van der Waals surface area contributed by atoms with Crippen LogP contribution in [0.15, 0.2) is 46.6 Å². The van der Waals surface area contributed by atoms with E-state index in [0.29, 0.717) is 34.7 Å². The molecule has 0 saturated heterocycles. The summed E-state index contributed by atoms with van der Waals surface area (Å²) in [6, 6.07) is 11.3. The molecule has 0 aromatic heterocycles. The van der Waals surface area contributed by atoms with Crippen LogP contribution in [0.25, 0.3) is 6.08 Å². The van der Waals surface area contributed by atoms with Crippen molar-refractivity contribution in [2.75, 3.05) is 6.61 Å². The molecule has 0 spiro atoms. The Morgan fingerprint density at radius 3 is 2.46 bits per heavy atom. The Morgan fingerprint density at radius 2 is 1.89 bits per heavy atom. The molecule has 1 amide bonds. The first-order valence-electron chi connectivity index (χ1n) is 8.36. The average molecular weight is 560 g/mol. The van der Waals surface area contributed by atoms with Crippen LogP contribution in [0.4, 0.5) is 0 Å². The summed E-state index contributed by atoms with van der Waals surface area (Å²) in [6.07, 6.45) is 1.36. The third-order valence-electron chi connectivity index (χ3n) is 3.48. The van der Waals surface area contributed by atoms with E-state index in [4.69, 9.17) is 9.47 Å². The molecule has 0 bridgehead atoms. The molecule has 0 radical (unpaired) electrons. The lowest BCUT2D eigenvalue weighted by Crippen LogP contribution is -2.24. The van der Waals surface area contributed by atoms with Gasteiger partial charge in [-0.25, -0.2) is 4.79 Å². The molecular weight excluding hydrogens is 541 g/mol. The summed E-state index contributed by atoms with van der Waals surface area (Å²) in [5.41, 5.74) is 1.33. The van der Waals surface area contributed by atoms with E-state index in [-0.39, 0.29) is 5.70 Å². The zero-order valence-corrected chi connectivity index (χ0v) is 19.0. The van der Waals surface area contributed by atoms with Gasteiger partial charge in [-0.3, -0.25) is 4.79 Å². The Kier molecular flexibility index (Phi) is 8.31. The number of carbonyl (C=O) groups excluding carboxylic acids is 1. The molecule has 2 aromatic carbocycles. The number of carboxylic acid groups (broad SMARTS) is 1. The number of carbonyl (C=O) groups is 2. The van der Waals surface area contributed by atoms with Gasteiger partial charge in [0.25, 0.3) is 0 Å². The molecule has 0 aliphatic rings. The van der Waals surface area contributed by atoms with Gasteiger partial charge >= 0.3 is 5.97 Å². The van der Waals surface area contributed by atoms with Gasteiger partial charge in [0.15, 0.2) is 11.5 Å². The number of rotatable bonds is 8. The Bertz CT molecular complexity index is 896. The average Bonchev–Trinajstić information content (AvgIpc) is 2.62. The van der Waals surface area contributed by atoms with E-state index in [1.807, 2.05) is 31.2 Å². The van der Waals surface area contributed by atoms with Crippen molar-refractivity contribution < 1.29 is 24.2 Å². The highest BCUT2D eigenvalue weighted by Crippen LogP contribution is 2.38. The fraction of sp³-hybridized carbons (Fsp3) is 0.200. The predicted octanol–water partition coefficient (Wildman–Crippen LogP) is 4.59. The van der Waals surface area contributed by atoms with Crippen LogP contribution < -0.4 is 14.8 Å². The molecule has 0 aliphatic carbocycles. The maximum Gasteiger partial charge on any atom is 0.352 e. The number of hydrogen-bond donors (Lipinski definition) is 2. The van der Waals surface area contributed by atoms with Gasteiger partial charge in [0.1, 0.15) is 12.3 Å². The minimum Gasteiger partial charge on any atom is -0.490 e. The second kappa shape index (κ2) is 10.5. The lowest BCUT2D eigenvalue weighted by molar-refractivity contribution is -0.134. The molecule has 8 heteroatoms. The summed E-state index contributed by atoms with van der Waals surface area (Å²) in [5, 5.41) is 11.6. The van der Waals surface area contributed by atoms with Gasteiger partial charge < -0.3 is 19.9 Å². The van der Waals surface area contributed by atoms with Crippen LogP contribution in [0.5, 0.6) is 11.5 Å². The highest BCUT2D eigenvalue weighted by Gasteiger charge is 2.14. The van der Waals surface area contributed by atoms with Crippen molar-refractivity contribution in [1.29, 1.82) is 0 Å². The van der Waals surface area contributed by atoms with E-state index in [9.17, 15) is 14.7 Å². The van der Waals surface area contributed by atoms with Crippen LogP contribution in [0.2, 0.25) is 0 Å². The van der Waals surface area contributed by atoms with Gasteiger partial charge in [-0.2, -0.15) is 0 Å². The van der Waals surface area contributed by atoms with Crippen molar-refractivity contribution in [3.05, 3.63) is 61.3 Å². The second-order valence-electron chi connectivity index (χ2n) is 5.72. The molecule has 0 fully saturated rings. The molecule has 148 valence electrons. The number of hydrogen-bond acceptors (Lipinski definition) is 4. The van der Waals surface area contributed by atoms with Crippen molar-refractivity contribution in [1.82, 2.24) is 5.32 Å². The zero-order valence-electron chi connectivity index (χ0n) is 15.3. The number of carboxylic acids is 1. The number of halogens is 2. The van der Waals surface area contributed by atoms with Crippen LogP contribution in [-0.2, 0) is 16.2 Å². The third-order valence-corrected chi connectivity index (χ3v) is 4.79. The summed E-state index contributed by atoms with van der Waals surface area (Å²) in [5.74, 6) is -0.700. The van der Waals surface area contributed by atoms with E-state index in [1.54, 1.807) is 12.1 Å². The summed E-state index contributed by atoms with van der Waals surface area (Å²) in [7, 11) is 0. The molecule has 2 rings (SSSR count). The van der Waals surface area contributed by atoms with E-state index < -0.39 is 11.9 Å². The first kappa shape index (κ1) is 22.2. The quantitative estimate of drug-likeness (QED) is 0.365. The first-order valence-corrected chi connectivity index (χ1v) is 10.2. The predicted molar refractivity (Wildman–Crippen MR) is 118 cm³/mol. The van der Waals surface area contributed by atoms with Gasteiger partial charge in [-0.15, -0.1) is 0 Å². The van der Waals surface area contributed by atoms with Crippen LogP contribution in [0.3, 0.4) is 0 Å². The van der Waals surface area contributed by atoms with Gasteiger partial charge in [-0.1, -0.05) is 12.1 Å². The molecule has 6 nitrogen and oxygen atoms in total. The van der Waals surface area contributed by atoms with Crippen LogP contribution in [0.1, 0.15) is 25.0 Å². The minimum atomic E-state index is -1.23. The molecular formula is C20H19BrINO5. The molecule has 0 atom stereocenters. The Hall–Kier alpha value is -2.07. The topological polar surface area (TPSA) is 84.9 Å². The first-order chi connectivity index (χ1) is 13.3. The number of benzene rings is 2. The number of ether oxygens (including phenoxy) is 2. The lowest BCUT2D eigenvalue weighted by Gasteiger charge is -2.15. The number of nitrogens with one attached hydrogen (secondary N) is 1. The molecule has 0 saturated carbocycles. The molecule has 28 heavy (non-hydrogen) atoms. The fourth-order valence-electron chi connectivity index (χ4n) is 2.32. The van der Waals surface area contributed by atoms with Gasteiger partial charge in [0.2, 0.25) is 5.91 Å². The SMILES string of the molecule is CCOc1cc(/C=C(/NC(C)=O)C(=O)O)cc(Br)c1OCc1ccc(I)cc1. The Labute approximate surface area is 185 Å². The zero-order chi connectivity index (χ0) is 20.7. The van der Waals surface area contributed by atoms with Crippen molar-refractivity contribution in [3.8, 4) is 11.5 Å². The lowest BCUT2D eigenvalue weighted by atomic mass is 10.1. The molecule has 0 unspecified atom stereocenters. The van der Waals surface area contributed by atoms with E-state index in [1.165, 1.54) is 13.0 Å². The van der Waals surface area contributed by atoms with E-state index in [0.717, 1.165) is 9.13 Å². The summed E-state index contributed by atoms with van der Waals surface area (Å²) in [4.78, 5) is 22.5. The van der Waals surface area contributed by atoms with E-state index in [2.05, 4.69) is 43.8 Å². The Balaban J connectivity index is 2.33. The standard InChI is InChI=1S/C20H19BrINO5/c1-3-27-18-10-14(9-17(20(25)26)23-12(2)24)8-16(21)19(18)28-11-13-4-6-15(22)7-5-13/h4-10H,3,11H2,1-2H3,(H,23,24)(H,25,26)/b17-9+. The summed E-state index contributed by atoms with van der Waals surface area (Å²) < 4.78 is 13.4. The molecule has 0 heterocycles.